The molecule has 1 unspecified atom stereocenters. The van der Waals surface area contributed by atoms with Crippen molar-refractivity contribution in [2.24, 2.45) is 5.73 Å². The number of benzene rings is 1. The van der Waals surface area contributed by atoms with E-state index in [1.807, 2.05) is 12.1 Å². The Morgan fingerprint density at radius 2 is 2.00 bits per heavy atom. The number of aromatic nitrogens is 1. The third-order valence-electron chi connectivity index (χ3n) is 5.60. The molecule has 4 rings (SSSR count). The quantitative estimate of drug-likeness (QED) is 0.798. The van der Waals surface area contributed by atoms with Crippen LogP contribution in [-0.4, -0.2) is 43.7 Å². The second kappa shape index (κ2) is 7.81. The van der Waals surface area contributed by atoms with Gasteiger partial charge in [0.1, 0.15) is 0 Å². The van der Waals surface area contributed by atoms with E-state index in [9.17, 15) is 0 Å². The van der Waals surface area contributed by atoms with Crippen molar-refractivity contribution in [1.29, 1.82) is 0 Å². The van der Waals surface area contributed by atoms with Gasteiger partial charge in [0.15, 0.2) is 0 Å². The molecule has 0 saturated carbocycles. The predicted octanol–water partition coefficient (Wildman–Crippen LogP) is 3.56. The number of nitrogens with two attached hydrogens (primary N) is 1. The summed E-state index contributed by atoms with van der Waals surface area (Å²) in [5.41, 5.74) is 13.4. The van der Waals surface area contributed by atoms with Crippen LogP contribution in [-0.2, 0) is 0 Å². The number of pyridine rings is 1. The van der Waals surface area contributed by atoms with E-state index in [2.05, 4.69) is 40.3 Å². The number of fused-ring (bicyclic) bond motifs is 1. The Balaban J connectivity index is 1.70. The van der Waals surface area contributed by atoms with E-state index >= 15 is 0 Å². The summed E-state index contributed by atoms with van der Waals surface area (Å²) in [7, 11) is 3.23. The molecule has 6 heteroatoms. The third-order valence-corrected chi connectivity index (χ3v) is 5.60. The van der Waals surface area contributed by atoms with Gasteiger partial charge in [-0.1, -0.05) is 31.5 Å². The van der Waals surface area contributed by atoms with Crippen molar-refractivity contribution in [3.05, 3.63) is 47.2 Å². The van der Waals surface area contributed by atoms with Crippen LogP contribution in [0.25, 0.3) is 11.1 Å². The van der Waals surface area contributed by atoms with Crippen molar-refractivity contribution in [3.63, 3.8) is 0 Å². The average molecular weight is 380 g/mol. The van der Waals surface area contributed by atoms with Crippen LogP contribution >= 0.6 is 0 Å². The summed E-state index contributed by atoms with van der Waals surface area (Å²) < 4.78 is 10.8. The SMILES string of the molecule is CCCCN1CC2=C(C1)C(N)c1cccc(-c3ccc(OC)nc3OC)c1N2. The molecule has 3 heterocycles. The molecule has 0 amide bonds. The molecule has 0 bridgehead atoms. The van der Waals surface area contributed by atoms with Crippen molar-refractivity contribution in [1.82, 2.24) is 9.88 Å². The van der Waals surface area contributed by atoms with Crippen LogP contribution in [0.4, 0.5) is 5.69 Å². The minimum Gasteiger partial charge on any atom is -0.481 e. The highest BCUT2D eigenvalue weighted by molar-refractivity contribution is 5.86. The lowest BCUT2D eigenvalue weighted by Gasteiger charge is -2.28. The summed E-state index contributed by atoms with van der Waals surface area (Å²) in [4.78, 5) is 6.92. The number of hydrogen-bond donors (Lipinski definition) is 2. The molecule has 0 radical (unpaired) electrons. The van der Waals surface area contributed by atoms with Gasteiger partial charge in [-0.05, 0) is 30.2 Å². The highest BCUT2D eigenvalue weighted by atomic mass is 16.5. The lowest BCUT2D eigenvalue weighted by molar-refractivity contribution is 0.335. The summed E-state index contributed by atoms with van der Waals surface area (Å²) in [6, 6.07) is 9.99. The standard InChI is InChI=1S/C22H28N4O2/c1-4-5-11-26-12-17-18(13-26)24-21-14(7-6-8-16(21)20(17)23)15-9-10-19(27-2)25-22(15)28-3/h6-10,20,24H,4-5,11-13,23H2,1-3H3. The molecule has 3 N–H and O–H groups in total. The zero-order valence-electron chi connectivity index (χ0n) is 16.8. The summed E-state index contributed by atoms with van der Waals surface area (Å²) >= 11 is 0. The van der Waals surface area contributed by atoms with E-state index in [1.54, 1.807) is 14.2 Å². The third kappa shape index (κ3) is 3.23. The van der Waals surface area contributed by atoms with Gasteiger partial charge >= 0.3 is 0 Å². The molecule has 2 aliphatic heterocycles. The maximum absolute atomic E-state index is 6.69. The molecule has 0 saturated heterocycles. The molecule has 0 fully saturated rings. The number of ether oxygens (including phenoxy) is 2. The van der Waals surface area contributed by atoms with Crippen LogP contribution in [0.3, 0.4) is 0 Å². The maximum Gasteiger partial charge on any atom is 0.224 e. The van der Waals surface area contributed by atoms with Crippen LogP contribution in [0.2, 0.25) is 0 Å². The Kier molecular flexibility index (Phi) is 5.24. The fourth-order valence-corrected chi connectivity index (χ4v) is 4.09. The molecule has 2 aromatic rings. The second-order valence-corrected chi connectivity index (χ2v) is 7.35. The summed E-state index contributed by atoms with van der Waals surface area (Å²) in [6.07, 6.45) is 2.41. The molecule has 2 aliphatic rings. The zero-order chi connectivity index (χ0) is 19.7. The molecule has 28 heavy (non-hydrogen) atoms. The smallest absolute Gasteiger partial charge is 0.224 e. The van der Waals surface area contributed by atoms with Gasteiger partial charge in [-0.25, -0.2) is 0 Å². The predicted molar refractivity (Wildman–Crippen MR) is 112 cm³/mol. The molecule has 1 aromatic heterocycles. The Labute approximate surface area is 166 Å². The minimum atomic E-state index is -0.0879. The van der Waals surface area contributed by atoms with Crippen molar-refractivity contribution in [2.75, 3.05) is 39.2 Å². The van der Waals surface area contributed by atoms with E-state index < -0.39 is 0 Å². The van der Waals surface area contributed by atoms with Crippen LogP contribution in [0, 0.1) is 0 Å². The maximum atomic E-state index is 6.69. The van der Waals surface area contributed by atoms with Crippen LogP contribution in [0.15, 0.2) is 41.6 Å². The van der Waals surface area contributed by atoms with E-state index in [4.69, 9.17) is 15.2 Å². The Hall–Kier alpha value is -2.57. The summed E-state index contributed by atoms with van der Waals surface area (Å²) in [6.45, 7) is 5.21. The van der Waals surface area contributed by atoms with E-state index in [0.717, 1.165) is 42.0 Å². The Morgan fingerprint density at radius 1 is 1.14 bits per heavy atom. The van der Waals surface area contributed by atoms with Gasteiger partial charge in [-0.2, -0.15) is 4.98 Å². The number of para-hydroxylation sites is 1. The normalized spacial score (nSPS) is 18.5. The molecule has 1 aromatic carbocycles. The molecule has 6 nitrogen and oxygen atoms in total. The fraction of sp³-hybridized carbons (Fsp3) is 0.409. The first-order chi connectivity index (χ1) is 13.7. The molecule has 0 spiro atoms. The number of methoxy groups -OCH3 is 2. The van der Waals surface area contributed by atoms with Crippen molar-refractivity contribution >= 4 is 5.69 Å². The first-order valence-electron chi connectivity index (χ1n) is 9.85. The van der Waals surface area contributed by atoms with Crippen molar-refractivity contribution in [2.45, 2.75) is 25.8 Å². The summed E-state index contributed by atoms with van der Waals surface area (Å²) in [5, 5.41) is 3.69. The first-order valence-corrected chi connectivity index (χ1v) is 9.85. The Bertz CT molecular complexity index is 909. The monoisotopic (exact) mass is 380 g/mol. The lowest BCUT2D eigenvalue weighted by Crippen LogP contribution is -2.24. The van der Waals surface area contributed by atoms with Gasteiger partial charge in [0.2, 0.25) is 11.8 Å². The summed E-state index contributed by atoms with van der Waals surface area (Å²) in [5.74, 6) is 1.07. The van der Waals surface area contributed by atoms with Crippen molar-refractivity contribution < 1.29 is 9.47 Å². The fourth-order valence-electron chi connectivity index (χ4n) is 4.09. The van der Waals surface area contributed by atoms with Gasteiger partial charge in [0.25, 0.3) is 0 Å². The number of rotatable bonds is 6. The zero-order valence-corrected chi connectivity index (χ0v) is 16.8. The highest BCUT2D eigenvalue weighted by Gasteiger charge is 2.33. The highest BCUT2D eigenvalue weighted by Crippen LogP contribution is 2.44. The van der Waals surface area contributed by atoms with E-state index in [1.165, 1.54) is 24.1 Å². The first kappa shape index (κ1) is 18.8. The average Bonchev–Trinajstić information content (AvgIpc) is 3.15. The van der Waals surface area contributed by atoms with Gasteiger partial charge in [-0.3, -0.25) is 4.90 Å². The van der Waals surface area contributed by atoms with E-state index in [-0.39, 0.29) is 6.04 Å². The number of hydrogen-bond acceptors (Lipinski definition) is 6. The van der Waals surface area contributed by atoms with Gasteiger partial charge in [0.05, 0.1) is 25.9 Å². The van der Waals surface area contributed by atoms with Crippen LogP contribution in [0.1, 0.15) is 31.4 Å². The van der Waals surface area contributed by atoms with Crippen molar-refractivity contribution in [3.8, 4) is 22.9 Å². The molecular formula is C22H28N4O2. The van der Waals surface area contributed by atoms with Gasteiger partial charge in [-0.15, -0.1) is 0 Å². The molecular weight excluding hydrogens is 352 g/mol. The van der Waals surface area contributed by atoms with E-state index in [0.29, 0.717) is 11.8 Å². The molecule has 1 atom stereocenters. The topological polar surface area (TPSA) is 72.6 Å². The molecule has 148 valence electrons. The van der Waals surface area contributed by atoms with Gasteiger partial charge < -0.3 is 20.5 Å². The van der Waals surface area contributed by atoms with Gasteiger partial charge in [0, 0.05) is 36.0 Å². The number of nitrogens with zero attached hydrogens (tertiary/aromatic N) is 2. The second-order valence-electron chi connectivity index (χ2n) is 7.35. The largest absolute Gasteiger partial charge is 0.481 e. The number of nitrogens with one attached hydrogen (secondary N) is 1. The minimum absolute atomic E-state index is 0.0879. The Morgan fingerprint density at radius 3 is 2.75 bits per heavy atom. The van der Waals surface area contributed by atoms with Crippen LogP contribution < -0.4 is 20.5 Å². The van der Waals surface area contributed by atoms with Crippen LogP contribution in [0.5, 0.6) is 11.8 Å². The molecule has 0 aliphatic carbocycles. The number of unbranched alkanes of at least 4 members (excludes halogenated alkanes) is 1. The lowest BCUT2D eigenvalue weighted by atomic mass is 9.90. The number of anilines is 1.